The van der Waals surface area contributed by atoms with Gasteiger partial charge in [-0.05, 0) is 29.5 Å². The van der Waals surface area contributed by atoms with E-state index in [0.717, 1.165) is 31.0 Å². The number of hydrogen-bond acceptors (Lipinski definition) is 4. The molecule has 7 nitrogen and oxygen atoms in total. The second-order valence-corrected chi connectivity index (χ2v) is 9.04. The lowest BCUT2D eigenvalue weighted by Crippen LogP contribution is -2.40. The van der Waals surface area contributed by atoms with Gasteiger partial charge in [0, 0.05) is 40.3 Å². The summed E-state index contributed by atoms with van der Waals surface area (Å²) in [5, 5.41) is 3.34. The molecule has 0 radical (unpaired) electrons. The van der Waals surface area contributed by atoms with Gasteiger partial charge < -0.3 is 15.0 Å². The lowest BCUT2D eigenvalue weighted by molar-refractivity contribution is 0.204. The first kappa shape index (κ1) is 24.1. The number of sulfonamides is 1. The molecule has 154 valence electrons. The second kappa shape index (κ2) is 10.6. The van der Waals surface area contributed by atoms with Crippen LogP contribution >= 0.6 is 24.0 Å². The van der Waals surface area contributed by atoms with E-state index in [2.05, 4.69) is 33.8 Å². The third-order valence-corrected chi connectivity index (χ3v) is 5.91. The quantitative estimate of drug-likeness (QED) is 0.254. The summed E-state index contributed by atoms with van der Waals surface area (Å²) >= 11 is 0. The number of aliphatic imine (C=N–C) groups is 1. The standard InChI is InChI=1S/C18H30N4O3S.HI/c1-18(2)8-10-22(14-18)17(19-3)20-13-15-6-5-7-16(12-15)26(23,24)21-9-11-25-4;/h5-7,12,21H,8-11,13-14H2,1-4H3,(H,19,20);1H. The number of guanidine groups is 1. The maximum Gasteiger partial charge on any atom is 0.240 e. The van der Waals surface area contributed by atoms with Gasteiger partial charge in [0.2, 0.25) is 10.0 Å². The Morgan fingerprint density at radius 3 is 2.70 bits per heavy atom. The normalized spacial score (nSPS) is 16.9. The molecule has 0 atom stereocenters. The fraction of sp³-hybridized carbons (Fsp3) is 0.611. The summed E-state index contributed by atoms with van der Waals surface area (Å²) in [6.45, 7) is 7.55. The first-order valence-corrected chi connectivity index (χ1v) is 10.3. The fourth-order valence-corrected chi connectivity index (χ4v) is 4.07. The van der Waals surface area contributed by atoms with Gasteiger partial charge in [-0.3, -0.25) is 4.99 Å². The topological polar surface area (TPSA) is 83.0 Å². The molecule has 2 rings (SSSR count). The van der Waals surface area contributed by atoms with Crippen LogP contribution < -0.4 is 10.0 Å². The summed E-state index contributed by atoms with van der Waals surface area (Å²) in [6, 6.07) is 6.94. The molecule has 1 aliphatic rings. The van der Waals surface area contributed by atoms with Crippen molar-refractivity contribution in [3.8, 4) is 0 Å². The highest BCUT2D eigenvalue weighted by Gasteiger charge is 2.30. The molecule has 2 N–H and O–H groups in total. The summed E-state index contributed by atoms with van der Waals surface area (Å²) in [4.78, 5) is 6.86. The number of hydrogen-bond donors (Lipinski definition) is 2. The van der Waals surface area contributed by atoms with E-state index in [1.165, 1.54) is 7.11 Å². The highest BCUT2D eigenvalue weighted by Crippen LogP contribution is 2.28. The fourth-order valence-electron chi connectivity index (χ4n) is 2.99. The third-order valence-electron chi connectivity index (χ3n) is 4.45. The van der Waals surface area contributed by atoms with Gasteiger partial charge in [0.05, 0.1) is 11.5 Å². The van der Waals surface area contributed by atoms with E-state index < -0.39 is 10.0 Å². The maximum absolute atomic E-state index is 12.3. The Kier molecular flexibility index (Phi) is 9.46. The molecule has 0 amide bonds. The highest BCUT2D eigenvalue weighted by atomic mass is 127. The van der Waals surface area contributed by atoms with E-state index in [0.29, 0.717) is 18.6 Å². The van der Waals surface area contributed by atoms with Gasteiger partial charge in [-0.15, -0.1) is 24.0 Å². The zero-order valence-corrected chi connectivity index (χ0v) is 19.6. The number of rotatable bonds is 7. The number of nitrogens with one attached hydrogen (secondary N) is 2. The lowest BCUT2D eigenvalue weighted by atomic mass is 9.93. The van der Waals surface area contributed by atoms with Crippen molar-refractivity contribution in [2.45, 2.75) is 31.7 Å². The van der Waals surface area contributed by atoms with Gasteiger partial charge in [-0.25, -0.2) is 13.1 Å². The van der Waals surface area contributed by atoms with E-state index in [1.807, 2.05) is 6.07 Å². The van der Waals surface area contributed by atoms with Crippen LogP contribution in [0, 0.1) is 5.41 Å². The monoisotopic (exact) mass is 510 g/mol. The summed E-state index contributed by atoms with van der Waals surface area (Å²) < 4.78 is 32.0. The van der Waals surface area contributed by atoms with Crippen LogP contribution in [0.5, 0.6) is 0 Å². The number of methoxy groups -OCH3 is 1. The Hall–Kier alpha value is -0.910. The van der Waals surface area contributed by atoms with Crippen LogP contribution in [0.25, 0.3) is 0 Å². The Bertz CT molecular complexity index is 738. The van der Waals surface area contributed by atoms with Crippen molar-refractivity contribution in [3.63, 3.8) is 0 Å². The average molecular weight is 510 g/mol. The zero-order chi connectivity index (χ0) is 19.2. The van der Waals surface area contributed by atoms with Crippen molar-refractivity contribution in [1.29, 1.82) is 0 Å². The van der Waals surface area contributed by atoms with Crippen molar-refractivity contribution < 1.29 is 13.2 Å². The maximum atomic E-state index is 12.3. The molecule has 1 fully saturated rings. The van der Waals surface area contributed by atoms with Crippen molar-refractivity contribution in [2.75, 3.05) is 40.4 Å². The first-order valence-electron chi connectivity index (χ1n) is 8.80. The Morgan fingerprint density at radius 1 is 1.37 bits per heavy atom. The summed E-state index contributed by atoms with van der Waals surface area (Å²) in [5.74, 6) is 0.849. The van der Waals surface area contributed by atoms with Gasteiger partial charge >= 0.3 is 0 Å². The molecule has 1 saturated heterocycles. The molecule has 0 unspecified atom stereocenters. The molecule has 27 heavy (non-hydrogen) atoms. The summed E-state index contributed by atoms with van der Waals surface area (Å²) in [6.07, 6.45) is 1.13. The molecule has 0 aliphatic carbocycles. The van der Waals surface area contributed by atoms with Crippen molar-refractivity contribution in [3.05, 3.63) is 29.8 Å². The zero-order valence-electron chi connectivity index (χ0n) is 16.5. The van der Waals surface area contributed by atoms with Gasteiger partial charge in [0.15, 0.2) is 5.96 Å². The molecular formula is C18H31IN4O3S. The highest BCUT2D eigenvalue weighted by molar-refractivity contribution is 14.0. The number of likely N-dealkylation sites (tertiary alicyclic amines) is 1. The van der Waals surface area contributed by atoms with E-state index >= 15 is 0 Å². The predicted molar refractivity (Wildman–Crippen MR) is 119 cm³/mol. The number of benzene rings is 1. The minimum absolute atomic E-state index is 0. The molecule has 0 saturated carbocycles. The third kappa shape index (κ3) is 7.20. The van der Waals surface area contributed by atoms with Crippen LogP contribution in [0.2, 0.25) is 0 Å². The predicted octanol–water partition coefficient (Wildman–Crippen LogP) is 2.04. The second-order valence-electron chi connectivity index (χ2n) is 7.27. The molecule has 1 heterocycles. The largest absolute Gasteiger partial charge is 0.383 e. The van der Waals surface area contributed by atoms with Crippen LogP contribution in [-0.4, -0.2) is 59.7 Å². The minimum Gasteiger partial charge on any atom is -0.383 e. The van der Waals surface area contributed by atoms with Gasteiger partial charge in [0.1, 0.15) is 0 Å². The van der Waals surface area contributed by atoms with Crippen LogP contribution in [0.15, 0.2) is 34.2 Å². The van der Waals surface area contributed by atoms with Gasteiger partial charge in [-0.2, -0.15) is 0 Å². The Morgan fingerprint density at radius 2 is 2.11 bits per heavy atom. The summed E-state index contributed by atoms with van der Waals surface area (Å²) in [7, 11) is -0.220. The smallest absolute Gasteiger partial charge is 0.240 e. The average Bonchev–Trinajstić information content (AvgIpc) is 2.96. The van der Waals surface area contributed by atoms with Crippen molar-refractivity contribution in [2.24, 2.45) is 10.4 Å². The SMILES string of the molecule is CN=C(NCc1cccc(S(=O)(=O)NCCOC)c1)N1CCC(C)(C)C1.I. The van der Waals surface area contributed by atoms with E-state index in [1.54, 1.807) is 25.2 Å². The minimum atomic E-state index is -3.53. The molecule has 0 aromatic heterocycles. The molecule has 1 aromatic carbocycles. The van der Waals surface area contributed by atoms with Crippen LogP contribution in [0.3, 0.4) is 0 Å². The molecule has 0 spiro atoms. The van der Waals surface area contributed by atoms with Gasteiger partial charge in [0.25, 0.3) is 0 Å². The Balaban J connectivity index is 0.00000364. The van der Waals surface area contributed by atoms with Crippen LogP contribution in [0.1, 0.15) is 25.8 Å². The van der Waals surface area contributed by atoms with Crippen LogP contribution in [0.4, 0.5) is 0 Å². The first-order chi connectivity index (χ1) is 12.3. The van der Waals surface area contributed by atoms with E-state index in [9.17, 15) is 8.42 Å². The lowest BCUT2D eigenvalue weighted by Gasteiger charge is -2.23. The van der Waals surface area contributed by atoms with Crippen LogP contribution in [-0.2, 0) is 21.3 Å². The van der Waals surface area contributed by atoms with Gasteiger partial charge in [-0.1, -0.05) is 26.0 Å². The van der Waals surface area contributed by atoms with E-state index in [-0.39, 0.29) is 35.4 Å². The molecule has 1 aliphatic heterocycles. The summed E-state index contributed by atoms with van der Waals surface area (Å²) in [5.41, 5.74) is 1.18. The number of ether oxygens (including phenoxy) is 1. The number of halogens is 1. The Labute approximate surface area is 180 Å². The molecule has 9 heteroatoms. The molecule has 0 bridgehead atoms. The molecular weight excluding hydrogens is 479 g/mol. The molecule has 1 aromatic rings. The van der Waals surface area contributed by atoms with Crippen molar-refractivity contribution >= 4 is 40.0 Å². The number of nitrogens with zero attached hydrogens (tertiary/aromatic N) is 2. The van der Waals surface area contributed by atoms with E-state index in [4.69, 9.17) is 4.74 Å². The van der Waals surface area contributed by atoms with Crippen molar-refractivity contribution in [1.82, 2.24) is 14.9 Å².